The number of fused-ring (bicyclic) bond motifs is 1. The number of aliphatic imine (C=N–C) groups is 1. The van der Waals surface area contributed by atoms with Crippen LogP contribution in [0.3, 0.4) is 0 Å². The highest BCUT2D eigenvalue weighted by Gasteiger charge is 2.31. The first kappa shape index (κ1) is 17.3. The second-order valence-corrected chi connectivity index (χ2v) is 7.44. The molecule has 1 aliphatic carbocycles. The summed E-state index contributed by atoms with van der Waals surface area (Å²) in [6.45, 7) is 3.16. The van der Waals surface area contributed by atoms with Crippen molar-refractivity contribution in [2.24, 2.45) is 4.99 Å². The number of aromatic nitrogens is 1. The van der Waals surface area contributed by atoms with Gasteiger partial charge in [-0.15, -0.1) is 0 Å². The van der Waals surface area contributed by atoms with E-state index < -0.39 is 0 Å². The van der Waals surface area contributed by atoms with Crippen molar-refractivity contribution in [2.45, 2.75) is 44.2 Å². The average molecular weight is 357 g/mol. The minimum atomic E-state index is -0.193. The smallest absolute Gasteiger partial charge is 0.191 e. The molecular weight excluding hydrogens is 329 g/mol. The normalized spacial score (nSPS) is 19.8. The Kier molecular flexibility index (Phi) is 5.11. The number of guanidine groups is 1. The molecule has 2 aliphatic rings. The fourth-order valence-corrected chi connectivity index (χ4v) is 3.91. The summed E-state index contributed by atoms with van der Waals surface area (Å²) < 4.78 is 13.5. The second-order valence-electron chi connectivity index (χ2n) is 7.44. The zero-order valence-corrected chi connectivity index (χ0v) is 15.4. The molecule has 0 radical (unpaired) electrons. The quantitative estimate of drug-likeness (QED) is 0.570. The van der Waals surface area contributed by atoms with E-state index in [4.69, 9.17) is 0 Å². The lowest BCUT2D eigenvalue weighted by Crippen LogP contribution is -2.49. The molecule has 1 aromatic heterocycles. The van der Waals surface area contributed by atoms with Crippen molar-refractivity contribution in [1.82, 2.24) is 20.5 Å². The van der Waals surface area contributed by atoms with E-state index in [0.29, 0.717) is 6.04 Å². The maximum absolute atomic E-state index is 13.5. The molecule has 1 saturated heterocycles. The first-order chi connectivity index (χ1) is 12.7. The molecule has 2 heterocycles. The van der Waals surface area contributed by atoms with Crippen LogP contribution in [-0.4, -0.2) is 54.6 Å². The van der Waals surface area contributed by atoms with Gasteiger partial charge in [0.05, 0.1) is 0 Å². The lowest BCUT2D eigenvalue weighted by molar-refractivity contribution is 0.197. The van der Waals surface area contributed by atoms with Gasteiger partial charge in [-0.3, -0.25) is 4.99 Å². The number of hydrogen-bond donors (Lipinski definition) is 3. The van der Waals surface area contributed by atoms with Crippen LogP contribution in [0.4, 0.5) is 4.39 Å². The van der Waals surface area contributed by atoms with Crippen molar-refractivity contribution in [1.29, 1.82) is 0 Å². The monoisotopic (exact) mass is 357 g/mol. The van der Waals surface area contributed by atoms with Gasteiger partial charge in [-0.05, 0) is 55.9 Å². The fraction of sp³-hybridized carbons (Fsp3) is 0.550. The molecule has 6 heteroatoms. The first-order valence-corrected chi connectivity index (χ1v) is 9.69. The number of benzene rings is 1. The first-order valence-electron chi connectivity index (χ1n) is 9.69. The Bertz CT molecular complexity index is 772. The predicted molar refractivity (Wildman–Crippen MR) is 104 cm³/mol. The molecule has 2 aromatic rings. The van der Waals surface area contributed by atoms with E-state index in [1.54, 1.807) is 12.1 Å². The Hall–Kier alpha value is -2.08. The minimum absolute atomic E-state index is 0.193. The Morgan fingerprint density at radius 3 is 2.81 bits per heavy atom. The molecule has 1 saturated carbocycles. The molecule has 5 nitrogen and oxygen atoms in total. The maximum Gasteiger partial charge on any atom is 0.191 e. The molecule has 0 spiro atoms. The van der Waals surface area contributed by atoms with Crippen LogP contribution < -0.4 is 10.6 Å². The summed E-state index contributed by atoms with van der Waals surface area (Å²) in [6, 6.07) is 6.24. The van der Waals surface area contributed by atoms with E-state index in [1.807, 2.05) is 13.2 Å². The van der Waals surface area contributed by atoms with Crippen LogP contribution in [0.1, 0.15) is 31.2 Å². The number of piperidine rings is 1. The standard InChI is InChI=1S/C20H28FN5/c1-22-20(25-16-7-10-26(11-8-16)17-3-4-17)23-9-6-14-13-24-19-5-2-15(21)12-18(14)19/h2,5,12-13,16-17,24H,3-4,6-11H2,1H3,(H2,22,23,25). The Morgan fingerprint density at radius 1 is 1.27 bits per heavy atom. The van der Waals surface area contributed by atoms with Gasteiger partial charge in [-0.25, -0.2) is 4.39 Å². The zero-order chi connectivity index (χ0) is 17.9. The maximum atomic E-state index is 13.5. The van der Waals surface area contributed by atoms with Gasteiger partial charge in [0.2, 0.25) is 0 Å². The van der Waals surface area contributed by atoms with E-state index in [0.717, 1.165) is 41.4 Å². The lowest BCUT2D eigenvalue weighted by atomic mass is 10.1. The van der Waals surface area contributed by atoms with Gasteiger partial charge in [-0.1, -0.05) is 0 Å². The highest BCUT2D eigenvalue weighted by Crippen LogP contribution is 2.29. The van der Waals surface area contributed by atoms with Crippen molar-refractivity contribution in [3.63, 3.8) is 0 Å². The van der Waals surface area contributed by atoms with Gasteiger partial charge < -0.3 is 20.5 Å². The molecular formula is C20H28FN5. The molecule has 0 unspecified atom stereocenters. The second kappa shape index (κ2) is 7.66. The zero-order valence-electron chi connectivity index (χ0n) is 15.4. The third-order valence-electron chi connectivity index (χ3n) is 5.57. The van der Waals surface area contributed by atoms with Crippen molar-refractivity contribution in [2.75, 3.05) is 26.7 Å². The highest BCUT2D eigenvalue weighted by molar-refractivity contribution is 5.83. The van der Waals surface area contributed by atoms with E-state index in [2.05, 4.69) is 25.5 Å². The number of nitrogens with one attached hydrogen (secondary N) is 3. The molecule has 0 atom stereocenters. The summed E-state index contributed by atoms with van der Waals surface area (Å²) in [6.07, 6.45) is 7.93. The van der Waals surface area contributed by atoms with Crippen molar-refractivity contribution >= 4 is 16.9 Å². The van der Waals surface area contributed by atoms with Gasteiger partial charge in [0.25, 0.3) is 0 Å². The third-order valence-corrected chi connectivity index (χ3v) is 5.57. The highest BCUT2D eigenvalue weighted by atomic mass is 19.1. The van der Waals surface area contributed by atoms with Gasteiger partial charge in [0.1, 0.15) is 5.82 Å². The van der Waals surface area contributed by atoms with Crippen LogP contribution in [0.15, 0.2) is 29.4 Å². The number of rotatable bonds is 5. The summed E-state index contributed by atoms with van der Waals surface area (Å²) >= 11 is 0. The van der Waals surface area contributed by atoms with E-state index >= 15 is 0 Å². The Morgan fingerprint density at radius 2 is 2.08 bits per heavy atom. The van der Waals surface area contributed by atoms with Crippen LogP contribution in [0.25, 0.3) is 10.9 Å². The summed E-state index contributed by atoms with van der Waals surface area (Å²) in [5.74, 6) is 0.669. The summed E-state index contributed by atoms with van der Waals surface area (Å²) in [5.41, 5.74) is 2.10. The molecule has 1 aromatic carbocycles. The van der Waals surface area contributed by atoms with Crippen molar-refractivity contribution in [3.8, 4) is 0 Å². The van der Waals surface area contributed by atoms with E-state index in [1.165, 1.54) is 44.8 Å². The van der Waals surface area contributed by atoms with E-state index in [9.17, 15) is 4.39 Å². The minimum Gasteiger partial charge on any atom is -0.361 e. The SMILES string of the molecule is CN=C(NCCc1c[nH]c2ccc(F)cc12)NC1CCN(C2CC2)CC1. The van der Waals surface area contributed by atoms with Gasteiger partial charge in [0, 0.05) is 55.9 Å². The number of hydrogen-bond acceptors (Lipinski definition) is 2. The summed E-state index contributed by atoms with van der Waals surface area (Å²) in [7, 11) is 1.82. The van der Waals surface area contributed by atoms with Crippen LogP contribution >= 0.6 is 0 Å². The molecule has 0 amide bonds. The predicted octanol–water partition coefficient (Wildman–Crippen LogP) is 2.64. The largest absolute Gasteiger partial charge is 0.361 e. The summed E-state index contributed by atoms with van der Waals surface area (Å²) in [4.78, 5) is 10.2. The molecule has 1 aliphatic heterocycles. The van der Waals surface area contributed by atoms with Crippen LogP contribution in [0, 0.1) is 5.82 Å². The number of likely N-dealkylation sites (tertiary alicyclic amines) is 1. The van der Waals surface area contributed by atoms with Crippen LogP contribution in [-0.2, 0) is 6.42 Å². The van der Waals surface area contributed by atoms with Crippen LogP contribution in [0.2, 0.25) is 0 Å². The topological polar surface area (TPSA) is 55.5 Å². The molecule has 140 valence electrons. The van der Waals surface area contributed by atoms with Gasteiger partial charge in [-0.2, -0.15) is 0 Å². The summed E-state index contributed by atoms with van der Waals surface area (Å²) in [5, 5.41) is 7.91. The third kappa shape index (κ3) is 4.01. The lowest BCUT2D eigenvalue weighted by Gasteiger charge is -2.33. The number of nitrogens with zero attached hydrogens (tertiary/aromatic N) is 2. The molecule has 2 fully saturated rings. The Balaban J connectivity index is 1.25. The number of halogens is 1. The fourth-order valence-electron chi connectivity index (χ4n) is 3.91. The number of aromatic amines is 1. The molecule has 4 rings (SSSR count). The van der Waals surface area contributed by atoms with Crippen molar-refractivity contribution in [3.05, 3.63) is 35.8 Å². The van der Waals surface area contributed by atoms with Gasteiger partial charge in [0.15, 0.2) is 5.96 Å². The van der Waals surface area contributed by atoms with E-state index in [-0.39, 0.29) is 5.82 Å². The number of H-pyrrole nitrogens is 1. The van der Waals surface area contributed by atoms with Crippen molar-refractivity contribution < 1.29 is 4.39 Å². The molecule has 26 heavy (non-hydrogen) atoms. The van der Waals surface area contributed by atoms with Crippen LogP contribution in [0.5, 0.6) is 0 Å². The Labute approximate surface area is 154 Å². The molecule has 3 N–H and O–H groups in total. The molecule has 0 bridgehead atoms. The van der Waals surface area contributed by atoms with Gasteiger partial charge >= 0.3 is 0 Å². The average Bonchev–Trinajstić information content (AvgIpc) is 3.43.